The highest BCUT2D eigenvalue weighted by atomic mass is 35.5. The second-order valence-corrected chi connectivity index (χ2v) is 5.16. The summed E-state index contributed by atoms with van der Waals surface area (Å²) in [6.45, 7) is 1.11. The van der Waals surface area contributed by atoms with E-state index in [2.05, 4.69) is 5.32 Å². The molecule has 1 aromatic carbocycles. The van der Waals surface area contributed by atoms with Crippen LogP contribution in [-0.4, -0.2) is 38.4 Å². The van der Waals surface area contributed by atoms with E-state index in [0.717, 1.165) is 6.42 Å². The van der Waals surface area contributed by atoms with E-state index in [4.69, 9.17) is 32.7 Å². The van der Waals surface area contributed by atoms with Crippen LogP contribution in [-0.2, 0) is 9.47 Å². The molecule has 1 heterocycles. The number of carbonyl (C=O) groups is 1. The Bertz CT molecular complexity index is 467. The Morgan fingerprint density at radius 3 is 2.89 bits per heavy atom. The molecule has 1 aliphatic heterocycles. The zero-order valence-corrected chi connectivity index (χ0v) is 12.0. The number of ether oxygens (including phenoxy) is 2. The Kier molecular flexibility index (Phi) is 5.05. The number of rotatable bonds is 3. The summed E-state index contributed by atoms with van der Waals surface area (Å²) in [5.41, 5.74) is 0.482. The van der Waals surface area contributed by atoms with Gasteiger partial charge in [0.2, 0.25) is 0 Å². The highest BCUT2D eigenvalue weighted by Gasteiger charge is 2.27. The molecule has 6 heteroatoms. The summed E-state index contributed by atoms with van der Waals surface area (Å²) in [5.74, 6) is -0.187. The van der Waals surface area contributed by atoms with Gasteiger partial charge < -0.3 is 14.8 Å². The smallest absolute Gasteiger partial charge is 0.251 e. The summed E-state index contributed by atoms with van der Waals surface area (Å²) in [4.78, 5) is 12.1. The molecule has 2 rings (SSSR count). The van der Waals surface area contributed by atoms with Crippen LogP contribution in [0.5, 0.6) is 0 Å². The van der Waals surface area contributed by atoms with E-state index in [9.17, 15) is 4.79 Å². The first-order valence-corrected chi connectivity index (χ1v) is 6.74. The molecule has 0 aromatic heterocycles. The lowest BCUT2D eigenvalue weighted by Crippen LogP contribution is -2.49. The molecule has 4 nitrogen and oxygen atoms in total. The highest BCUT2D eigenvalue weighted by molar-refractivity contribution is 6.42. The normalized spacial score (nSPS) is 23.1. The van der Waals surface area contributed by atoms with Crippen molar-refractivity contribution in [2.24, 2.45) is 0 Å². The maximum atomic E-state index is 12.1. The first kappa shape index (κ1) is 14.6. The Hall–Kier alpha value is -0.810. The zero-order chi connectivity index (χ0) is 13.8. The van der Waals surface area contributed by atoms with E-state index in [0.29, 0.717) is 28.8 Å². The molecule has 0 bridgehead atoms. The average Bonchev–Trinajstić information content (AvgIpc) is 2.42. The summed E-state index contributed by atoms with van der Waals surface area (Å²) in [7, 11) is 1.61. The summed E-state index contributed by atoms with van der Waals surface area (Å²) >= 11 is 11.7. The molecule has 1 amide bonds. The Balaban J connectivity index is 2.05. The molecule has 0 saturated carbocycles. The molecule has 19 heavy (non-hydrogen) atoms. The van der Waals surface area contributed by atoms with E-state index in [1.165, 1.54) is 0 Å². The van der Waals surface area contributed by atoms with Gasteiger partial charge in [0.25, 0.3) is 5.91 Å². The summed E-state index contributed by atoms with van der Waals surface area (Å²) in [6, 6.07) is 4.75. The topological polar surface area (TPSA) is 47.6 Å². The molecule has 2 atom stereocenters. The number of carbonyl (C=O) groups excluding carboxylic acids is 1. The van der Waals surface area contributed by atoms with Crippen LogP contribution in [0.1, 0.15) is 16.8 Å². The number of halogens is 2. The van der Waals surface area contributed by atoms with E-state index in [1.807, 2.05) is 0 Å². The van der Waals surface area contributed by atoms with Crippen molar-refractivity contribution >= 4 is 29.1 Å². The van der Waals surface area contributed by atoms with Gasteiger partial charge in [0.15, 0.2) is 0 Å². The van der Waals surface area contributed by atoms with E-state index < -0.39 is 0 Å². The van der Waals surface area contributed by atoms with Crippen molar-refractivity contribution in [1.29, 1.82) is 0 Å². The van der Waals surface area contributed by atoms with Crippen LogP contribution in [0.2, 0.25) is 10.0 Å². The van der Waals surface area contributed by atoms with Gasteiger partial charge in [-0.15, -0.1) is 0 Å². The SMILES string of the molecule is CO[C@H]1COCC[C@@H]1NC(=O)c1ccc(Cl)c(Cl)c1. The molecule has 0 radical (unpaired) electrons. The molecule has 1 saturated heterocycles. The molecule has 0 unspecified atom stereocenters. The van der Waals surface area contributed by atoms with Crippen molar-refractivity contribution in [2.75, 3.05) is 20.3 Å². The van der Waals surface area contributed by atoms with Crippen molar-refractivity contribution in [3.63, 3.8) is 0 Å². The fourth-order valence-corrected chi connectivity index (χ4v) is 2.30. The second kappa shape index (κ2) is 6.57. The first-order chi connectivity index (χ1) is 9.11. The monoisotopic (exact) mass is 303 g/mol. The fraction of sp³-hybridized carbons (Fsp3) is 0.462. The summed E-state index contributed by atoms with van der Waals surface area (Å²) in [5, 5.41) is 3.73. The number of hydrogen-bond donors (Lipinski definition) is 1. The largest absolute Gasteiger partial charge is 0.379 e. The summed E-state index contributed by atoms with van der Waals surface area (Å²) < 4.78 is 10.6. The third-order valence-corrected chi connectivity index (χ3v) is 3.84. The molecule has 1 fully saturated rings. The van der Waals surface area contributed by atoms with Crippen LogP contribution in [0.15, 0.2) is 18.2 Å². The van der Waals surface area contributed by atoms with E-state index >= 15 is 0 Å². The van der Waals surface area contributed by atoms with Crippen LogP contribution < -0.4 is 5.32 Å². The molecule has 104 valence electrons. The standard InChI is InChI=1S/C13H15Cl2NO3/c1-18-12-7-19-5-4-11(12)16-13(17)8-2-3-9(14)10(15)6-8/h2-3,6,11-12H,4-5,7H2,1H3,(H,16,17)/t11-,12-/m0/s1. The number of benzene rings is 1. The lowest BCUT2D eigenvalue weighted by molar-refractivity contribution is -0.0479. The molecular formula is C13H15Cl2NO3. The van der Waals surface area contributed by atoms with Crippen molar-refractivity contribution in [3.05, 3.63) is 33.8 Å². The minimum absolute atomic E-state index is 0.0549. The molecular weight excluding hydrogens is 289 g/mol. The van der Waals surface area contributed by atoms with Crippen molar-refractivity contribution in [2.45, 2.75) is 18.6 Å². The van der Waals surface area contributed by atoms with Gasteiger partial charge in [0.05, 0.1) is 22.7 Å². The van der Waals surface area contributed by atoms with Crippen LogP contribution in [0.4, 0.5) is 0 Å². The molecule has 1 aliphatic rings. The first-order valence-electron chi connectivity index (χ1n) is 5.98. The molecule has 1 aromatic rings. The number of nitrogens with one attached hydrogen (secondary N) is 1. The second-order valence-electron chi connectivity index (χ2n) is 4.35. The molecule has 0 spiro atoms. The highest BCUT2D eigenvalue weighted by Crippen LogP contribution is 2.22. The summed E-state index contributed by atoms with van der Waals surface area (Å²) in [6.07, 6.45) is 0.603. The van der Waals surface area contributed by atoms with Crippen LogP contribution >= 0.6 is 23.2 Å². The van der Waals surface area contributed by atoms with Gasteiger partial charge in [0.1, 0.15) is 6.10 Å². The zero-order valence-electron chi connectivity index (χ0n) is 10.5. The van der Waals surface area contributed by atoms with E-state index in [1.54, 1.807) is 25.3 Å². The number of methoxy groups -OCH3 is 1. The number of hydrogen-bond acceptors (Lipinski definition) is 3. The van der Waals surface area contributed by atoms with Crippen molar-refractivity contribution in [3.8, 4) is 0 Å². The molecule has 1 N–H and O–H groups in total. The quantitative estimate of drug-likeness (QED) is 0.933. The Morgan fingerprint density at radius 2 is 2.21 bits per heavy atom. The van der Waals surface area contributed by atoms with Crippen LogP contribution in [0.25, 0.3) is 0 Å². The maximum absolute atomic E-state index is 12.1. The third-order valence-electron chi connectivity index (χ3n) is 3.11. The lowest BCUT2D eigenvalue weighted by Gasteiger charge is -2.31. The molecule has 0 aliphatic carbocycles. The number of amides is 1. The van der Waals surface area contributed by atoms with Gasteiger partial charge in [-0.05, 0) is 24.6 Å². The minimum atomic E-state index is -0.187. The van der Waals surface area contributed by atoms with Gasteiger partial charge in [-0.25, -0.2) is 0 Å². The third kappa shape index (κ3) is 3.60. The van der Waals surface area contributed by atoms with Gasteiger partial charge >= 0.3 is 0 Å². The van der Waals surface area contributed by atoms with Crippen LogP contribution in [0.3, 0.4) is 0 Å². The Labute approximate surface area is 122 Å². The van der Waals surface area contributed by atoms with Gasteiger partial charge in [-0.1, -0.05) is 23.2 Å². The van der Waals surface area contributed by atoms with Gasteiger partial charge in [-0.3, -0.25) is 4.79 Å². The van der Waals surface area contributed by atoms with Gasteiger partial charge in [-0.2, -0.15) is 0 Å². The predicted octanol–water partition coefficient (Wildman–Crippen LogP) is 2.53. The maximum Gasteiger partial charge on any atom is 0.251 e. The van der Waals surface area contributed by atoms with Gasteiger partial charge in [0, 0.05) is 19.3 Å². The Morgan fingerprint density at radius 1 is 1.42 bits per heavy atom. The lowest BCUT2D eigenvalue weighted by atomic mass is 10.1. The van der Waals surface area contributed by atoms with Crippen molar-refractivity contribution in [1.82, 2.24) is 5.32 Å². The van der Waals surface area contributed by atoms with Crippen molar-refractivity contribution < 1.29 is 14.3 Å². The minimum Gasteiger partial charge on any atom is -0.379 e. The van der Waals surface area contributed by atoms with E-state index in [-0.39, 0.29) is 18.1 Å². The predicted molar refractivity (Wildman–Crippen MR) is 73.9 cm³/mol. The van der Waals surface area contributed by atoms with Crippen LogP contribution in [0, 0.1) is 0 Å². The fourth-order valence-electron chi connectivity index (χ4n) is 2.00. The average molecular weight is 304 g/mol.